The molecule has 0 radical (unpaired) electrons. The van der Waals surface area contributed by atoms with Crippen molar-refractivity contribution < 1.29 is 9.90 Å². The molecular formula is C9H14N4O2. The first-order valence-corrected chi connectivity index (χ1v) is 4.99. The third-order valence-electron chi connectivity index (χ3n) is 2.67. The van der Waals surface area contributed by atoms with E-state index in [2.05, 4.69) is 15.4 Å². The van der Waals surface area contributed by atoms with Gasteiger partial charge in [0.05, 0.1) is 6.10 Å². The monoisotopic (exact) mass is 210 g/mol. The Balaban J connectivity index is 1.86. The van der Waals surface area contributed by atoms with Gasteiger partial charge in [-0.05, 0) is 19.8 Å². The average molecular weight is 210 g/mol. The molecule has 6 nitrogen and oxygen atoms in total. The Morgan fingerprint density at radius 2 is 2.40 bits per heavy atom. The molecule has 0 saturated heterocycles. The molecule has 1 fully saturated rings. The van der Waals surface area contributed by atoms with Crippen molar-refractivity contribution in [2.75, 3.05) is 0 Å². The van der Waals surface area contributed by atoms with Gasteiger partial charge >= 0.3 is 0 Å². The number of carbonyl (C=O) groups is 1. The third-order valence-corrected chi connectivity index (χ3v) is 2.67. The topological polar surface area (TPSA) is 80.0 Å². The summed E-state index contributed by atoms with van der Waals surface area (Å²) in [4.78, 5) is 15.5. The fourth-order valence-electron chi connectivity index (χ4n) is 1.56. The Hall–Kier alpha value is -1.43. The van der Waals surface area contributed by atoms with E-state index in [1.165, 1.54) is 17.3 Å². The summed E-state index contributed by atoms with van der Waals surface area (Å²) >= 11 is 0. The van der Waals surface area contributed by atoms with E-state index in [9.17, 15) is 4.79 Å². The van der Waals surface area contributed by atoms with Crippen molar-refractivity contribution in [3.63, 3.8) is 0 Å². The molecule has 0 bridgehead atoms. The van der Waals surface area contributed by atoms with Crippen molar-refractivity contribution in [2.24, 2.45) is 0 Å². The molecule has 1 unspecified atom stereocenters. The maximum absolute atomic E-state index is 11.7. The van der Waals surface area contributed by atoms with Crippen molar-refractivity contribution in [1.29, 1.82) is 0 Å². The average Bonchev–Trinajstić information content (AvgIpc) is 2.66. The van der Waals surface area contributed by atoms with Crippen LogP contribution in [-0.4, -0.2) is 37.9 Å². The maximum Gasteiger partial charge on any atom is 0.244 e. The minimum absolute atomic E-state index is 0.0857. The zero-order valence-electron chi connectivity index (χ0n) is 8.50. The van der Waals surface area contributed by atoms with Gasteiger partial charge in [-0.15, -0.1) is 0 Å². The van der Waals surface area contributed by atoms with Gasteiger partial charge in [0.1, 0.15) is 18.7 Å². The molecule has 2 rings (SSSR count). The molecule has 0 aliphatic heterocycles. The van der Waals surface area contributed by atoms with Gasteiger partial charge in [0.15, 0.2) is 0 Å². The minimum atomic E-state index is -0.356. The van der Waals surface area contributed by atoms with Gasteiger partial charge in [0.2, 0.25) is 5.91 Å². The normalized spacial score (nSPS) is 26.8. The fourth-order valence-corrected chi connectivity index (χ4v) is 1.56. The van der Waals surface area contributed by atoms with E-state index < -0.39 is 0 Å². The lowest BCUT2D eigenvalue weighted by Crippen LogP contribution is -2.48. The van der Waals surface area contributed by atoms with Crippen LogP contribution < -0.4 is 5.32 Å². The van der Waals surface area contributed by atoms with E-state index in [-0.39, 0.29) is 24.1 Å². The second-order valence-corrected chi connectivity index (χ2v) is 3.88. The van der Waals surface area contributed by atoms with Gasteiger partial charge < -0.3 is 10.4 Å². The fraction of sp³-hybridized carbons (Fsp3) is 0.667. The molecule has 15 heavy (non-hydrogen) atoms. The van der Waals surface area contributed by atoms with Gasteiger partial charge in [0.25, 0.3) is 0 Å². The van der Waals surface area contributed by atoms with Crippen LogP contribution in [0.4, 0.5) is 0 Å². The first kappa shape index (κ1) is 10.1. The number of aromatic nitrogens is 3. The summed E-state index contributed by atoms with van der Waals surface area (Å²) in [6.07, 6.45) is 3.96. The van der Waals surface area contributed by atoms with E-state index in [0.717, 1.165) is 0 Å². The van der Waals surface area contributed by atoms with E-state index in [4.69, 9.17) is 5.11 Å². The van der Waals surface area contributed by atoms with E-state index in [1.54, 1.807) is 6.92 Å². The first-order chi connectivity index (χ1) is 7.16. The van der Waals surface area contributed by atoms with Crippen molar-refractivity contribution in [1.82, 2.24) is 20.1 Å². The molecule has 2 N–H and O–H groups in total. The van der Waals surface area contributed by atoms with Crippen LogP contribution in [0.25, 0.3) is 0 Å². The largest absolute Gasteiger partial charge is 0.393 e. The lowest BCUT2D eigenvalue weighted by Gasteiger charge is -2.32. The van der Waals surface area contributed by atoms with Gasteiger partial charge in [-0.2, -0.15) is 5.10 Å². The predicted octanol–water partition coefficient (Wildman–Crippen LogP) is -0.521. The quantitative estimate of drug-likeness (QED) is 0.703. The van der Waals surface area contributed by atoms with Crippen LogP contribution in [0.2, 0.25) is 0 Å². The summed E-state index contributed by atoms with van der Waals surface area (Å²) in [7, 11) is 0. The summed E-state index contributed by atoms with van der Waals surface area (Å²) in [5.41, 5.74) is 0. The predicted molar refractivity (Wildman–Crippen MR) is 51.9 cm³/mol. The van der Waals surface area contributed by atoms with Crippen LogP contribution in [0.1, 0.15) is 25.8 Å². The van der Waals surface area contributed by atoms with Gasteiger partial charge in [0, 0.05) is 6.04 Å². The molecule has 0 aromatic carbocycles. The highest BCUT2D eigenvalue weighted by molar-refractivity contribution is 5.80. The zero-order chi connectivity index (χ0) is 10.8. The summed E-state index contributed by atoms with van der Waals surface area (Å²) in [6.45, 7) is 1.76. The highest BCUT2D eigenvalue weighted by Gasteiger charge is 2.29. The molecule has 1 aliphatic rings. The van der Waals surface area contributed by atoms with Gasteiger partial charge in [-0.1, -0.05) is 0 Å². The number of carbonyl (C=O) groups excluding carboxylic acids is 1. The molecule has 1 amide bonds. The lowest BCUT2D eigenvalue weighted by atomic mass is 9.89. The zero-order valence-corrected chi connectivity index (χ0v) is 8.50. The smallest absolute Gasteiger partial charge is 0.244 e. The second kappa shape index (κ2) is 3.98. The Bertz CT molecular complexity index is 332. The van der Waals surface area contributed by atoms with Crippen molar-refractivity contribution in [3.05, 3.63) is 12.7 Å². The highest BCUT2D eigenvalue weighted by atomic mass is 16.3. The molecule has 1 aliphatic carbocycles. The number of nitrogens with zero attached hydrogens (tertiary/aromatic N) is 3. The first-order valence-electron chi connectivity index (χ1n) is 4.99. The maximum atomic E-state index is 11.7. The second-order valence-electron chi connectivity index (χ2n) is 3.88. The van der Waals surface area contributed by atoms with Gasteiger partial charge in [-0.3, -0.25) is 4.79 Å². The number of aliphatic hydroxyl groups is 1. The highest BCUT2D eigenvalue weighted by Crippen LogP contribution is 2.20. The Morgan fingerprint density at radius 1 is 1.67 bits per heavy atom. The molecular weight excluding hydrogens is 196 g/mol. The molecule has 82 valence electrons. The molecule has 0 spiro atoms. The molecule has 1 saturated carbocycles. The van der Waals surface area contributed by atoms with Crippen molar-refractivity contribution >= 4 is 5.91 Å². The van der Waals surface area contributed by atoms with E-state index in [1.807, 2.05) is 0 Å². The summed E-state index contributed by atoms with van der Waals surface area (Å²) < 4.78 is 1.50. The van der Waals surface area contributed by atoms with Crippen LogP contribution in [-0.2, 0) is 4.79 Å². The number of aliphatic hydroxyl groups excluding tert-OH is 1. The van der Waals surface area contributed by atoms with Crippen LogP contribution in [0.5, 0.6) is 0 Å². The number of amides is 1. The third kappa shape index (κ3) is 2.15. The standard InChI is InChI=1S/C9H14N4O2/c1-6(13-5-10-4-11-13)9(15)12-7-2-8(14)3-7/h4-8,14H,2-3H2,1H3,(H,12,15). The number of hydrogen-bond acceptors (Lipinski definition) is 4. The Labute approximate surface area is 87.3 Å². The summed E-state index contributed by atoms with van der Waals surface area (Å²) in [5, 5.41) is 15.8. The molecule has 1 aromatic heterocycles. The van der Waals surface area contributed by atoms with Crippen LogP contribution >= 0.6 is 0 Å². The SMILES string of the molecule is CC(C(=O)NC1CC(O)C1)n1cncn1. The summed E-state index contributed by atoms with van der Waals surface area (Å²) in [5.74, 6) is -0.0857. The van der Waals surface area contributed by atoms with E-state index >= 15 is 0 Å². The number of nitrogens with one attached hydrogen (secondary N) is 1. The molecule has 1 atom stereocenters. The van der Waals surface area contributed by atoms with Crippen molar-refractivity contribution in [3.8, 4) is 0 Å². The van der Waals surface area contributed by atoms with Gasteiger partial charge in [-0.25, -0.2) is 9.67 Å². The Morgan fingerprint density at radius 3 is 2.93 bits per heavy atom. The van der Waals surface area contributed by atoms with Crippen LogP contribution in [0, 0.1) is 0 Å². The van der Waals surface area contributed by atoms with Crippen molar-refractivity contribution in [2.45, 2.75) is 38.0 Å². The number of hydrogen-bond donors (Lipinski definition) is 2. The molecule has 1 heterocycles. The minimum Gasteiger partial charge on any atom is -0.393 e. The lowest BCUT2D eigenvalue weighted by molar-refractivity contribution is -0.126. The summed E-state index contributed by atoms with van der Waals surface area (Å²) in [6, 6.07) is -0.247. The van der Waals surface area contributed by atoms with Crippen LogP contribution in [0.3, 0.4) is 0 Å². The Kier molecular flexibility index (Phi) is 2.68. The molecule has 6 heteroatoms. The number of rotatable bonds is 3. The van der Waals surface area contributed by atoms with E-state index in [0.29, 0.717) is 12.8 Å². The van der Waals surface area contributed by atoms with Crippen LogP contribution in [0.15, 0.2) is 12.7 Å². The molecule has 1 aromatic rings.